The molecule has 1 aliphatic carbocycles. The normalized spacial score (nSPS) is 18.5. The van der Waals surface area contributed by atoms with Crippen molar-refractivity contribution in [1.82, 2.24) is 15.5 Å². The summed E-state index contributed by atoms with van der Waals surface area (Å²) >= 11 is 0. The van der Waals surface area contributed by atoms with E-state index in [0.29, 0.717) is 36.4 Å². The Morgan fingerprint density at radius 1 is 1.10 bits per heavy atom. The maximum Gasteiger partial charge on any atom is 0.404 e. The lowest BCUT2D eigenvalue weighted by molar-refractivity contribution is 0.0639. The maximum atomic E-state index is 12.6. The predicted molar refractivity (Wildman–Crippen MR) is 107 cm³/mol. The van der Waals surface area contributed by atoms with E-state index in [0.717, 1.165) is 12.8 Å². The van der Waals surface area contributed by atoms with Gasteiger partial charge in [0.2, 0.25) is 0 Å². The molecule has 1 unspecified atom stereocenters. The summed E-state index contributed by atoms with van der Waals surface area (Å²) in [5.41, 5.74) is 0.849. The summed E-state index contributed by atoms with van der Waals surface area (Å²) in [4.78, 5) is 48.4. The van der Waals surface area contributed by atoms with Gasteiger partial charge in [0.15, 0.2) is 0 Å². The van der Waals surface area contributed by atoms with Crippen LogP contribution >= 0.6 is 0 Å². The molecular formula is C21H27N3O6. The van der Waals surface area contributed by atoms with Gasteiger partial charge >= 0.3 is 12.2 Å². The highest BCUT2D eigenvalue weighted by Crippen LogP contribution is 2.42. The van der Waals surface area contributed by atoms with Crippen molar-refractivity contribution in [3.05, 3.63) is 35.4 Å². The SMILES string of the molecule is C[C@@H](NC(=O)O)[C@H](CNC(=O)O)CC(CCN1C(=O)c2ccccc2C1=O)C1CC1. The minimum Gasteiger partial charge on any atom is -0.465 e. The fourth-order valence-corrected chi connectivity index (χ4v) is 4.23. The fourth-order valence-electron chi connectivity index (χ4n) is 4.23. The van der Waals surface area contributed by atoms with E-state index < -0.39 is 18.2 Å². The third-order valence-electron chi connectivity index (χ3n) is 6.07. The molecule has 1 aromatic carbocycles. The van der Waals surface area contributed by atoms with E-state index in [2.05, 4.69) is 10.6 Å². The summed E-state index contributed by atoms with van der Waals surface area (Å²) < 4.78 is 0. The predicted octanol–water partition coefficient (Wildman–Crippen LogP) is 2.63. The lowest BCUT2D eigenvalue weighted by atomic mass is 9.84. The molecule has 0 aromatic heterocycles. The standard InChI is InChI=1S/C21H27N3O6/c1-12(23-21(29)30)15(11-22-20(27)28)10-14(13-6-7-13)8-9-24-18(25)16-4-2-3-5-17(16)19(24)26/h2-5,12-15,22-23H,6-11H2,1H3,(H,27,28)(H,29,30)/t12-,14?,15+/m1/s1. The number of amides is 4. The van der Waals surface area contributed by atoms with Gasteiger partial charge in [-0.05, 0) is 62.5 Å². The summed E-state index contributed by atoms with van der Waals surface area (Å²) in [6.45, 7) is 2.15. The van der Waals surface area contributed by atoms with Crippen LogP contribution in [0, 0.1) is 17.8 Å². The van der Waals surface area contributed by atoms with Crippen molar-refractivity contribution in [1.29, 1.82) is 0 Å². The molecule has 0 spiro atoms. The van der Waals surface area contributed by atoms with Crippen LogP contribution in [0.25, 0.3) is 0 Å². The first kappa shape index (κ1) is 21.6. The molecule has 0 bridgehead atoms. The van der Waals surface area contributed by atoms with Gasteiger partial charge in [-0.2, -0.15) is 0 Å². The van der Waals surface area contributed by atoms with Crippen LogP contribution in [-0.4, -0.2) is 58.2 Å². The van der Waals surface area contributed by atoms with Crippen LogP contribution in [-0.2, 0) is 0 Å². The van der Waals surface area contributed by atoms with Crippen molar-refractivity contribution in [3.8, 4) is 0 Å². The Labute approximate surface area is 174 Å². The first-order chi connectivity index (χ1) is 14.3. The van der Waals surface area contributed by atoms with Crippen LogP contribution < -0.4 is 10.6 Å². The van der Waals surface area contributed by atoms with E-state index in [4.69, 9.17) is 10.2 Å². The van der Waals surface area contributed by atoms with E-state index in [1.165, 1.54) is 4.90 Å². The number of imide groups is 1. The molecular weight excluding hydrogens is 390 g/mol. The van der Waals surface area contributed by atoms with Gasteiger partial charge in [0.05, 0.1) is 11.1 Å². The van der Waals surface area contributed by atoms with Gasteiger partial charge in [0.25, 0.3) is 11.8 Å². The fraction of sp³-hybridized carbons (Fsp3) is 0.524. The lowest BCUT2D eigenvalue weighted by Gasteiger charge is -2.29. The van der Waals surface area contributed by atoms with Gasteiger partial charge in [-0.15, -0.1) is 0 Å². The van der Waals surface area contributed by atoms with Crippen LogP contribution in [0.15, 0.2) is 24.3 Å². The van der Waals surface area contributed by atoms with Gasteiger partial charge in [0.1, 0.15) is 0 Å². The average molecular weight is 417 g/mol. The molecule has 30 heavy (non-hydrogen) atoms. The summed E-state index contributed by atoms with van der Waals surface area (Å²) in [6.07, 6.45) is 1.00. The summed E-state index contributed by atoms with van der Waals surface area (Å²) in [5.74, 6) is -0.173. The Hall–Kier alpha value is -3.10. The molecule has 9 nitrogen and oxygen atoms in total. The number of hydrogen-bond acceptors (Lipinski definition) is 4. The van der Waals surface area contributed by atoms with Gasteiger partial charge in [-0.25, -0.2) is 9.59 Å². The first-order valence-electron chi connectivity index (χ1n) is 10.2. The third kappa shape index (κ3) is 5.08. The summed E-state index contributed by atoms with van der Waals surface area (Å²) in [7, 11) is 0. The first-order valence-corrected chi connectivity index (χ1v) is 10.2. The summed E-state index contributed by atoms with van der Waals surface area (Å²) in [5, 5.41) is 22.7. The van der Waals surface area contributed by atoms with Crippen LogP contribution in [0.2, 0.25) is 0 Å². The van der Waals surface area contributed by atoms with Crippen LogP contribution in [0.5, 0.6) is 0 Å². The molecule has 4 amide bonds. The van der Waals surface area contributed by atoms with E-state index in [1.54, 1.807) is 31.2 Å². The Morgan fingerprint density at radius 3 is 2.20 bits per heavy atom. The number of rotatable bonds is 10. The van der Waals surface area contributed by atoms with Crippen molar-refractivity contribution in [3.63, 3.8) is 0 Å². The second-order valence-electron chi connectivity index (χ2n) is 8.11. The zero-order chi connectivity index (χ0) is 21.8. The van der Waals surface area contributed by atoms with Crippen LogP contribution in [0.1, 0.15) is 53.3 Å². The zero-order valence-corrected chi connectivity index (χ0v) is 16.8. The molecule has 162 valence electrons. The topological polar surface area (TPSA) is 136 Å². The molecule has 3 rings (SSSR count). The van der Waals surface area contributed by atoms with Crippen LogP contribution in [0.3, 0.4) is 0 Å². The quantitative estimate of drug-likeness (QED) is 0.432. The second-order valence-corrected chi connectivity index (χ2v) is 8.11. The van der Waals surface area contributed by atoms with E-state index in [-0.39, 0.29) is 30.2 Å². The Balaban J connectivity index is 1.65. The Bertz CT molecular complexity index is 803. The molecule has 9 heteroatoms. The van der Waals surface area contributed by atoms with Gasteiger partial charge in [0, 0.05) is 19.1 Å². The van der Waals surface area contributed by atoms with Crippen molar-refractivity contribution in [2.75, 3.05) is 13.1 Å². The highest BCUT2D eigenvalue weighted by molar-refractivity contribution is 6.21. The minimum absolute atomic E-state index is 0.132. The number of fused-ring (bicyclic) bond motifs is 1. The Morgan fingerprint density at radius 2 is 1.70 bits per heavy atom. The van der Waals surface area contributed by atoms with Gasteiger partial charge in [-0.1, -0.05) is 12.1 Å². The number of hydrogen-bond donors (Lipinski definition) is 4. The number of carbonyl (C=O) groups is 4. The van der Waals surface area contributed by atoms with E-state index in [9.17, 15) is 19.2 Å². The third-order valence-corrected chi connectivity index (χ3v) is 6.07. The number of benzene rings is 1. The van der Waals surface area contributed by atoms with Crippen LogP contribution in [0.4, 0.5) is 9.59 Å². The highest BCUT2D eigenvalue weighted by atomic mass is 16.4. The molecule has 0 saturated heterocycles. The van der Waals surface area contributed by atoms with Gasteiger partial charge in [-0.3, -0.25) is 14.5 Å². The molecule has 3 atom stereocenters. The van der Waals surface area contributed by atoms with E-state index in [1.807, 2.05) is 0 Å². The molecule has 0 radical (unpaired) electrons. The smallest absolute Gasteiger partial charge is 0.404 e. The van der Waals surface area contributed by atoms with Crippen molar-refractivity contribution in [2.45, 2.75) is 38.6 Å². The lowest BCUT2D eigenvalue weighted by Crippen LogP contribution is -2.43. The van der Waals surface area contributed by atoms with Gasteiger partial charge < -0.3 is 20.8 Å². The average Bonchev–Trinajstić information content (AvgIpc) is 3.50. The largest absolute Gasteiger partial charge is 0.465 e. The molecule has 4 N–H and O–H groups in total. The Kier molecular flexibility index (Phi) is 6.59. The summed E-state index contributed by atoms with van der Waals surface area (Å²) in [6, 6.07) is 6.34. The maximum absolute atomic E-state index is 12.6. The number of carbonyl (C=O) groups excluding carboxylic acids is 2. The molecule has 1 aromatic rings. The minimum atomic E-state index is -1.16. The molecule has 1 heterocycles. The van der Waals surface area contributed by atoms with Crippen molar-refractivity contribution in [2.24, 2.45) is 17.8 Å². The van der Waals surface area contributed by atoms with Crippen molar-refractivity contribution < 1.29 is 29.4 Å². The molecule has 1 saturated carbocycles. The monoisotopic (exact) mass is 417 g/mol. The number of nitrogens with zero attached hydrogens (tertiary/aromatic N) is 1. The molecule has 2 aliphatic rings. The molecule has 1 aliphatic heterocycles. The number of nitrogens with one attached hydrogen (secondary N) is 2. The molecule has 1 fully saturated rings. The zero-order valence-electron chi connectivity index (χ0n) is 16.8. The van der Waals surface area contributed by atoms with E-state index >= 15 is 0 Å². The van der Waals surface area contributed by atoms with Crippen molar-refractivity contribution >= 4 is 24.0 Å². The number of carboxylic acid groups (broad SMARTS) is 2. The second kappa shape index (κ2) is 9.15. The highest BCUT2D eigenvalue weighted by Gasteiger charge is 2.38.